The minimum absolute atomic E-state index is 0.00853. The van der Waals surface area contributed by atoms with Crippen LogP contribution in [-0.2, 0) is 4.79 Å². The van der Waals surface area contributed by atoms with E-state index >= 15 is 0 Å². The fourth-order valence-corrected chi connectivity index (χ4v) is 2.86. The van der Waals surface area contributed by atoms with Crippen LogP contribution in [0.5, 0.6) is 5.75 Å². The highest BCUT2D eigenvalue weighted by molar-refractivity contribution is 9.10. The van der Waals surface area contributed by atoms with E-state index in [0.717, 1.165) is 21.7 Å². The van der Waals surface area contributed by atoms with E-state index in [2.05, 4.69) is 39.0 Å². The van der Waals surface area contributed by atoms with Gasteiger partial charge in [0.1, 0.15) is 5.75 Å². The molecule has 0 bridgehead atoms. The van der Waals surface area contributed by atoms with Gasteiger partial charge in [-0.3, -0.25) is 10.2 Å². The number of amides is 1. The number of hydrogen-bond donors (Lipinski definition) is 3. The number of nitrogens with one attached hydrogen (secondary N) is 3. The number of hydrazine groups is 1. The van der Waals surface area contributed by atoms with Crippen LogP contribution in [0.4, 0.5) is 0 Å². The Kier molecular flexibility index (Phi) is 4.61. The monoisotopic (exact) mass is 363 g/mol. The van der Waals surface area contributed by atoms with Crippen LogP contribution in [-0.4, -0.2) is 24.7 Å². The lowest BCUT2D eigenvalue weighted by Gasteiger charge is -2.13. The van der Waals surface area contributed by atoms with E-state index in [0.29, 0.717) is 11.8 Å². The molecule has 0 aliphatic carbocycles. The highest BCUT2D eigenvalue weighted by atomic mass is 79.9. The van der Waals surface area contributed by atoms with Crippen LogP contribution < -0.4 is 20.9 Å². The third kappa shape index (κ3) is 3.76. The summed E-state index contributed by atoms with van der Waals surface area (Å²) in [6.07, 6.45) is 0.816. The van der Waals surface area contributed by atoms with Gasteiger partial charge >= 0.3 is 0 Å². The molecular weight excluding hydrogens is 346 g/mol. The number of carbonyl (C=O) groups is 1. The number of halogens is 1. The minimum Gasteiger partial charge on any atom is -0.484 e. The Balaban J connectivity index is 1.56. The zero-order valence-corrected chi connectivity index (χ0v) is 13.8. The molecule has 1 amide bonds. The Hall–Kier alpha value is -1.63. The molecule has 2 unspecified atom stereocenters. The van der Waals surface area contributed by atoms with Crippen molar-refractivity contribution in [2.45, 2.75) is 25.6 Å². The first-order valence-electron chi connectivity index (χ1n) is 7.23. The largest absolute Gasteiger partial charge is 0.484 e. The van der Waals surface area contributed by atoms with Crippen molar-refractivity contribution in [3.8, 4) is 5.75 Å². The average molecular weight is 364 g/mol. The van der Waals surface area contributed by atoms with Gasteiger partial charge in [-0.1, -0.05) is 28.1 Å². The molecule has 1 fully saturated rings. The lowest BCUT2D eigenvalue weighted by Crippen LogP contribution is -2.45. The maximum Gasteiger partial charge on any atom is 0.259 e. The smallest absolute Gasteiger partial charge is 0.259 e. The Morgan fingerprint density at radius 2 is 2.05 bits per heavy atom. The summed E-state index contributed by atoms with van der Waals surface area (Å²) in [7, 11) is 0. The van der Waals surface area contributed by atoms with Gasteiger partial charge in [-0.05, 0) is 48.4 Å². The summed E-state index contributed by atoms with van der Waals surface area (Å²) in [6, 6.07) is 12.2. The van der Waals surface area contributed by atoms with Gasteiger partial charge in [0.25, 0.3) is 5.91 Å². The first-order chi connectivity index (χ1) is 10.6. The van der Waals surface area contributed by atoms with Crippen molar-refractivity contribution >= 4 is 32.6 Å². The van der Waals surface area contributed by atoms with E-state index in [9.17, 15) is 4.79 Å². The van der Waals surface area contributed by atoms with Gasteiger partial charge in [-0.15, -0.1) is 0 Å². The Labute approximate surface area is 137 Å². The number of fused-ring (bicyclic) bond motifs is 1. The van der Waals surface area contributed by atoms with Crippen molar-refractivity contribution in [1.29, 1.82) is 0 Å². The van der Waals surface area contributed by atoms with Gasteiger partial charge in [-0.25, -0.2) is 5.43 Å². The molecule has 116 valence electrons. The van der Waals surface area contributed by atoms with Crippen molar-refractivity contribution in [3.63, 3.8) is 0 Å². The summed E-state index contributed by atoms with van der Waals surface area (Å²) in [5, 5.41) is 5.09. The van der Waals surface area contributed by atoms with Gasteiger partial charge in [0.15, 0.2) is 6.61 Å². The van der Waals surface area contributed by atoms with Crippen molar-refractivity contribution < 1.29 is 9.53 Å². The summed E-state index contributed by atoms with van der Waals surface area (Å²) >= 11 is 3.45. The second kappa shape index (κ2) is 6.64. The average Bonchev–Trinajstić information content (AvgIpc) is 2.90. The van der Waals surface area contributed by atoms with Crippen LogP contribution in [0, 0.1) is 0 Å². The van der Waals surface area contributed by atoms with E-state index in [1.54, 1.807) is 0 Å². The van der Waals surface area contributed by atoms with Gasteiger partial charge < -0.3 is 10.1 Å². The maximum atomic E-state index is 11.9. The van der Waals surface area contributed by atoms with Gasteiger partial charge in [0, 0.05) is 10.5 Å². The van der Waals surface area contributed by atoms with E-state index in [-0.39, 0.29) is 18.7 Å². The third-order valence-electron chi connectivity index (χ3n) is 3.57. The van der Waals surface area contributed by atoms with Crippen molar-refractivity contribution in [3.05, 3.63) is 40.9 Å². The molecule has 2 atom stereocenters. The van der Waals surface area contributed by atoms with E-state index < -0.39 is 0 Å². The topological polar surface area (TPSA) is 62.4 Å². The maximum absolute atomic E-state index is 11.9. The molecule has 0 aromatic heterocycles. The molecule has 22 heavy (non-hydrogen) atoms. The molecular formula is C16H18BrN3O2. The predicted octanol–water partition coefficient (Wildman–Crippen LogP) is 2.31. The summed E-state index contributed by atoms with van der Waals surface area (Å²) in [4.78, 5) is 11.9. The van der Waals surface area contributed by atoms with Crippen molar-refractivity contribution in [1.82, 2.24) is 16.2 Å². The number of carbonyl (C=O) groups excluding carboxylic acids is 1. The molecule has 1 aliphatic heterocycles. The first-order valence-corrected chi connectivity index (χ1v) is 8.02. The minimum atomic E-state index is -0.135. The number of benzene rings is 2. The fourth-order valence-electron chi connectivity index (χ4n) is 2.48. The lowest BCUT2D eigenvalue weighted by molar-refractivity contribution is -0.123. The van der Waals surface area contributed by atoms with Crippen molar-refractivity contribution in [2.75, 3.05) is 6.61 Å². The molecule has 0 saturated carbocycles. The summed E-state index contributed by atoms with van der Waals surface area (Å²) in [5.41, 5.74) is 6.09. The molecule has 1 aliphatic rings. The number of ether oxygens (including phenoxy) is 1. The SMILES string of the molecule is CC1CC(NC(=O)COc2ccc3cc(Br)ccc3c2)NN1. The quantitative estimate of drug-likeness (QED) is 0.779. The van der Waals surface area contributed by atoms with Gasteiger partial charge in [0.2, 0.25) is 0 Å². The Morgan fingerprint density at radius 3 is 2.82 bits per heavy atom. The highest BCUT2D eigenvalue weighted by Crippen LogP contribution is 2.24. The fraction of sp³-hybridized carbons (Fsp3) is 0.312. The van der Waals surface area contributed by atoms with E-state index in [1.807, 2.05) is 36.4 Å². The van der Waals surface area contributed by atoms with Crippen LogP contribution in [0.3, 0.4) is 0 Å². The second-order valence-corrected chi connectivity index (χ2v) is 6.40. The molecule has 2 aromatic rings. The molecule has 1 heterocycles. The van der Waals surface area contributed by atoms with Crippen LogP contribution >= 0.6 is 15.9 Å². The van der Waals surface area contributed by atoms with Crippen LogP contribution in [0.15, 0.2) is 40.9 Å². The van der Waals surface area contributed by atoms with Crippen LogP contribution in [0.1, 0.15) is 13.3 Å². The molecule has 2 aromatic carbocycles. The first kappa shape index (κ1) is 15.3. The van der Waals surface area contributed by atoms with Gasteiger partial charge in [0.05, 0.1) is 6.17 Å². The van der Waals surface area contributed by atoms with Gasteiger partial charge in [-0.2, -0.15) is 0 Å². The highest BCUT2D eigenvalue weighted by Gasteiger charge is 2.21. The summed E-state index contributed by atoms with van der Waals surface area (Å²) < 4.78 is 6.61. The molecule has 0 spiro atoms. The number of rotatable bonds is 4. The molecule has 3 rings (SSSR count). The molecule has 5 nitrogen and oxygen atoms in total. The second-order valence-electron chi connectivity index (χ2n) is 5.49. The number of hydrogen-bond acceptors (Lipinski definition) is 4. The predicted molar refractivity (Wildman–Crippen MR) is 89.4 cm³/mol. The zero-order chi connectivity index (χ0) is 15.5. The lowest BCUT2D eigenvalue weighted by atomic mass is 10.1. The third-order valence-corrected chi connectivity index (χ3v) is 4.07. The molecule has 0 radical (unpaired) electrons. The summed E-state index contributed by atoms with van der Waals surface area (Å²) in [5.74, 6) is 0.556. The Bertz CT molecular complexity index is 692. The molecule has 6 heteroatoms. The molecule has 1 saturated heterocycles. The standard InChI is InChI=1S/C16H18BrN3O2/c1-10-6-15(20-19-10)18-16(21)9-22-14-5-3-11-7-13(17)4-2-12(11)8-14/h2-5,7-8,10,15,19-20H,6,9H2,1H3,(H,18,21). The van der Waals surface area contributed by atoms with E-state index in [4.69, 9.17) is 4.74 Å². The summed E-state index contributed by atoms with van der Waals surface area (Å²) in [6.45, 7) is 2.07. The van der Waals surface area contributed by atoms with E-state index in [1.165, 1.54) is 0 Å². The van der Waals surface area contributed by atoms with Crippen LogP contribution in [0.25, 0.3) is 10.8 Å². The van der Waals surface area contributed by atoms with Crippen LogP contribution in [0.2, 0.25) is 0 Å². The van der Waals surface area contributed by atoms with Crippen molar-refractivity contribution in [2.24, 2.45) is 0 Å². The Morgan fingerprint density at radius 1 is 1.27 bits per heavy atom. The zero-order valence-electron chi connectivity index (χ0n) is 12.2. The normalized spacial score (nSPS) is 21.0. The molecule has 3 N–H and O–H groups in total.